The largest absolute Gasteiger partial charge is 0.760 e. The molecular formula is C8H17N2O4S-. The topological polar surface area (TPSA) is 115 Å². The van der Waals surface area contributed by atoms with Gasteiger partial charge < -0.3 is 15.4 Å². The number of carboxylic acids is 1. The van der Waals surface area contributed by atoms with Crippen LogP contribution < -0.4 is 10.5 Å². The standard InChI is InChI=1S/C8H18N2O4S/c1-2-3-4-8(5-6-9,7(11)12)10-15(13)14/h10H,2-6,9H2,1H3,(H,11,12)(H,13,14)/p-1/t8-/m0/s1. The Hall–Kier alpha value is -0.500. The zero-order valence-corrected chi connectivity index (χ0v) is 9.51. The van der Waals surface area contributed by atoms with Crippen molar-refractivity contribution in [3.63, 3.8) is 0 Å². The minimum Gasteiger partial charge on any atom is -0.760 e. The third-order valence-corrected chi connectivity index (χ3v) is 2.77. The minimum absolute atomic E-state index is 0.0936. The summed E-state index contributed by atoms with van der Waals surface area (Å²) in [6.45, 7) is 2.03. The van der Waals surface area contributed by atoms with E-state index < -0.39 is 22.8 Å². The van der Waals surface area contributed by atoms with Crippen LogP contribution in [0.3, 0.4) is 0 Å². The average Bonchev–Trinajstić information content (AvgIpc) is 2.13. The van der Waals surface area contributed by atoms with Gasteiger partial charge in [0.05, 0.1) is 0 Å². The molecule has 0 heterocycles. The van der Waals surface area contributed by atoms with Crippen LogP contribution in [0.4, 0.5) is 0 Å². The van der Waals surface area contributed by atoms with Gasteiger partial charge in [-0.25, -0.2) is 4.72 Å². The highest BCUT2D eigenvalue weighted by atomic mass is 32.2. The maximum absolute atomic E-state index is 11.1. The van der Waals surface area contributed by atoms with Gasteiger partial charge in [-0.15, -0.1) is 0 Å². The van der Waals surface area contributed by atoms with Crippen LogP contribution in [0, 0.1) is 0 Å². The zero-order chi connectivity index (χ0) is 11.9. The lowest BCUT2D eigenvalue weighted by Crippen LogP contribution is -2.53. The van der Waals surface area contributed by atoms with Crippen LogP contribution >= 0.6 is 0 Å². The number of rotatable bonds is 8. The van der Waals surface area contributed by atoms with E-state index in [-0.39, 0.29) is 19.4 Å². The Kier molecular flexibility index (Phi) is 6.66. The molecule has 0 spiro atoms. The molecule has 4 N–H and O–H groups in total. The highest BCUT2D eigenvalue weighted by Gasteiger charge is 2.37. The summed E-state index contributed by atoms with van der Waals surface area (Å²) in [5.74, 6) is -1.18. The van der Waals surface area contributed by atoms with Crippen molar-refractivity contribution < 1.29 is 18.7 Å². The van der Waals surface area contributed by atoms with Gasteiger partial charge in [-0.1, -0.05) is 19.8 Å². The summed E-state index contributed by atoms with van der Waals surface area (Å²) < 4.78 is 23.1. The number of aliphatic carboxylic acids is 1. The van der Waals surface area contributed by atoms with Gasteiger partial charge in [-0.3, -0.25) is 9.00 Å². The first kappa shape index (κ1) is 14.5. The van der Waals surface area contributed by atoms with E-state index in [2.05, 4.69) is 4.72 Å². The molecule has 0 aliphatic rings. The first-order valence-electron chi connectivity index (χ1n) is 4.79. The lowest BCUT2D eigenvalue weighted by molar-refractivity contribution is -0.144. The highest BCUT2D eigenvalue weighted by molar-refractivity contribution is 7.77. The van der Waals surface area contributed by atoms with Crippen molar-refractivity contribution in [1.82, 2.24) is 4.72 Å². The van der Waals surface area contributed by atoms with E-state index in [1.54, 1.807) is 0 Å². The normalized spacial score (nSPS) is 17.0. The lowest BCUT2D eigenvalue weighted by Gasteiger charge is -2.31. The SMILES string of the molecule is CCCC[C@@](CCN)(NS(=O)[O-])C(=O)O. The van der Waals surface area contributed by atoms with Crippen LogP contribution in [0.25, 0.3) is 0 Å². The highest BCUT2D eigenvalue weighted by Crippen LogP contribution is 2.19. The number of hydrogen-bond donors (Lipinski definition) is 3. The van der Waals surface area contributed by atoms with E-state index in [9.17, 15) is 13.6 Å². The van der Waals surface area contributed by atoms with E-state index in [1.165, 1.54) is 0 Å². The molecule has 15 heavy (non-hydrogen) atoms. The second kappa shape index (κ2) is 6.89. The molecule has 0 amide bonds. The first-order valence-corrected chi connectivity index (χ1v) is 5.86. The van der Waals surface area contributed by atoms with Gasteiger partial charge in [0.2, 0.25) is 0 Å². The second-order valence-corrected chi connectivity index (χ2v) is 4.04. The molecular weight excluding hydrogens is 220 g/mol. The Bertz CT molecular complexity index is 237. The Labute approximate surface area is 91.7 Å². The van der Waals surface area contributed by atoms with E-state index in [4.69, 9.17) is 10.8 Å². The van der Waals surface area contributed by atoms with Crippen molar-refractivity contribution in [2.24, 2.45) is 5.73 Å². The number of carboxylic acid groups (broad SMARTS) is 1. The van der Waals surface area contributed by atoms with Crippen LogP contribution in [0.2, 0.25) is 0 Å². The van der Waals surface area contributed by atoms with Crippen LogP contribution in [0.1, 0.15) is 32.6 Å². The molecule has 0 aromatic rings. The van der Waals surface area contributed by atoms with Crippen molar-refractivity contribution in [2.45, 2.75) is 38.1 Å². The van der Waals surface area contributed by atoms with Crippen molar-refractivity contribution in [3.8, 4) is 0 Å². The number of hydrogen-bond acceptors (Lipinski definition) is 4. The van der Waals surface area contributed by atoms with E-state index in [0.717, 1.165) is 6.42 Å². The van der Waals surface area contributed by atoms with Crippen molar-refractivity contribution >= 4 is 17.2 Å². The fourth-order valence-corrected chi connectivity index (χ4v) is 1.98. The quantitative estimate of drug-likeness (QED) is 0.503. The van der Waals surface area contributed by atoms with Crippen LogP contribution in [-0.4, -0.2) is 31.9 Å². The molecule has 90 valence electrons. The van der Waals surface area contributed by atoms with Crippen LogP contribution in [0.15, 0.2) is 0 Å². The summed E-state index contributed by atoms with van der Waals surface area (Å²) in [7, 11) is 0. The third-order valence-electron chi connectivity index (χ3n) is 2.22. The van der Waals surface area contributed by atoms with Gasteiger partial charge in [-0.05, 0) is 19.4 Å². The molecule has 0 aromatic carbocycles. The van der Waals surface area contributed by atoms with Gasteiger partial charge in [0.25, 0.3) is 0 Å². The molecule has 2 atom stereocenters. The summed E-state index contributed by atoms with van der Waals surface area (Å²) in [5, 5.41) is 9.04. The third kappa shape index (κ3) is 4.70. The Balaban J connectivity index is 4.71. The maximum atomic E-state index is 11.1. The zero-order valence-electron chi connectivity index (χ0n) is 8.69. The van der Waals surface area contributed by atoms with Gasteiger partial charge in [-0.2, -0.15) is 0 Å². The summed E-state index contributed by atoms with van der Waals surface area (Å²) >= 11 is -2.60. The Morgan fingerprint density at radius 3 is 2.53 bits per heavy atom. The van der Waals surface area contributed by atoms with Gasteiger partial charge in [0.15, 0.2) is 0 Å². The average molecular weight is 237 g/mol. The molecule has 7 heteroatoms. The second-order valence-electron chi connectivity index (χ2n) is 3.37. The van der Waals surface area contributed by atoms with Gasteiger partial charge >= 0.3 is 5.97 Å². The lowest BCUT2D eigenvalue weighted by atomic mass is 9.90. The fraction of sp³-hybridized carbons (Fsp3) is 0.875. The predicted octanol–water partition coefficient (Wildman–Crippen LogP) is -0.267. The molecule has 0 saturated heterocycles. The summed E-state index contributed by atoms with van der Waals surface area (Å²) in [4.78, 5) is 11.1. The predicted molar refractivity (Wildman–Crippen MR) is 55.6 cm³/mol. The number of nitrogens with two attached hydrogens (primary N) is 1. The first-order chi connectivity index (χ1) is 6.98. The van der Waals surface area contributed by atoms with Crippen molar-refractivity contribution in [2.75, 3.05) is 6.54 Å². The molecule has 0 rings (SSSR count). The van der Waals surface area contributed by atoms with Crippen LogP contribution in [0.5, 0.6) is 0 Å². The smallest absolute Gasteiger partial charge is 0.324 e. The fourth-order valence-electron chi connectivity index (χ4n) is 1.37. The molecule has 6 nitrogen and oxygen atoms in total. The van der Waals surface area contributed by atoms with Crippen molar-refractivity contribution in [1.29, 1.82) is 0 Å². The summed E-state index contributed by atoms with van der Waals surface area (Å²) in [5.41, 5.74) is 3.85. The van der Waals surface area contributed by atoms with E-state index >= 15 is 0 Å². The molecule has 0 bridgehead atoms. The van der Waals surface area contributed by atoms with Gasteiger partial charge in [0, 0.05) is 11.3 Å². The summed E-state index contributed by atoms with van der Waals surface area (Å²) in [6.07, 6.45) is 1.78. The summed E-state index contributed by atoms with van der Waals surface area (Å²) in [6, 6.07) is 0. The van der Waals surface area contributed by atoms with Crippen molar-refractivity contribution in [3.05, 3.63) is 0 Å². The number of unbranched alkanes of at least 4 members (excludes halogenated alkanes) is 1. The molecule has 0 aliphatic heterocycles. The Morgan fingerprint density at radius 1 is 1.60 bits per heavy atom. The van der Waals surface area contributed by atoms with E-state index in [1.807, 2.05) is 6.92 Å². The molecule has 0 radical (unpaired) electrons. The minimum atomic E-state index is -2.60. The molecule has 0 aromatic heterocycles. The maximum Gasteiger partial charge on any atom is 0.324 e. The monoisotopic (exact) mass is 237 g/mol. The number of nitrogens with one attached hydrogen (secondary N) is 1. The molecule has 0 aliphatic carbocycles. The molecule has 0 fully saturated rings. The van der Waals surface area contributed by atoms with Gasteiger partial charge in [0.1, 0.15) is 5.54 Å². The number of carbonyl (C=O) groups is 1. The molecule has 0 saturated carbocycles. The molecule has 1 unspecified atom stereocenters. The Morgan fingerprint density at radius 2 is 2.20 bits per heavy atom. The van der Waals surface area contributed by atoms with E-state index in [0.29, 0.717) is 6.42 Å². The van der Waals surface area contributed by atoms with Crippen LogP contribution in [-0.2, 0) is 16.1 Å².